The first-order chi connectivity index (χ1) is 12.2. The summed E-state index contributed by atoms with van der Waals surface area (Å²) in [6, 6.07) is 0. The second-order valence-electron chi connectivity index (χ2n) is 8.39. The molecule has 0 radical (unpaired) electrons. The molecule has 1 heterocycles. The standard InChI is InChI=1S/C20H31NO6/c1-10-11-25-17(23)15-12(2)14(16(22)26-19(4,5)6)13(3)21(15)18(24)27-20(7,8)9/h10-11H2,1-9H3. The van der Waals surface area contributed by atoms with Crippen LogP contribution < -0.4 is 0 Å². The SMILES string of the molecule is CCCOC(=O)c1c(C)c(C(=O)OC(C)(C)C)c(C)n1C(=O)OC(C)(C)C. The molecule has 0 unspecified atom stereocenters. The van der Waals surface area contributed by atoms with Gasteiger partial charge in [0, 0.05) is 5.69 Å². The van der Waals surface area contributed by atoms with Crippen molar-refractivity contribution in [3.8, 4) is 0 Å². The van der Waals surface area contributed by atoms with E-state index in [0.717, 1.165) is 4.57 Å². The Bertz CT molecular complexity index is 731. The average Bonchev–Trinajstić information content (AvgIpc) is 2.72. The van der Waals surface area contributed by atoms with E-state index in [-0.39, 0.29) is 23.6 Å². The first-order valence-corrected chi connectivity index (χ1v) is 9.05. The molecule has 0 bridgehead atoms. The number of ether oxygens (including phenoxy) is 3. The summed E-state index contributed by atoms with van der Waals surface area (Å²) < 4.78 is 17.2. The van der Waals surface area contributed by atoms with Crippen molar-refractivity contribution in [1.29, 1.82) is 0 Å². The van der Waals surface area contributed by atoms with Gasteiger partial charge in [0.1, 0.15) is 16.9 Å². The lowest BCUT2D eigenvalue weighted by atomic mass is 10.1. The van der Waals surface area contributed by atoms with E-state index >= 15 is 0 Å². The third-order valence-corrected chi connectivity index (χ3v) is 3.46. The summed E-state index contributed by atoms with van der Waals surface area (Å²) in [5.74, 6) is -1.29. The Morgan fingerprint density at radius 2 is 1.41 bits per heavy atom. The molecule has 0 aliphatic heterocycles. The Balaban J connectivity index is 3.54. The molecule has 0 spiro atoms. The summed E-state index contributed by atoms with van der Waals surface area (Å²) in [4.78, 5) is 38.0. The molecule has 27 heavy (non-hydrogen) atoms. The highest BCUT2D eigenvalue weighted by Gasteiger charge is 2.34. The van der Waals surface area contributed by atoms with E-state index in [0.29, 0.717) is 12.0 Å². The third-order valence-electron chi connectivity index (χ3n) is 3.46. The maximum Gasteiger partial charge on any atom is 0.419 e. The van der Waals surface area contributed by atoms with Crippen molar-refractivity contribution in [2.75, 3.05) is 6.61 Å². The maximum absolute atomic E-state index is 12.7. The van der Waals surface area contributed by atoms with E-state index in [9.17, 15) is 14.4 Å². The summed E-state index contributed by atoms with van der Waals surface area (Å²) in [6.07, 6.45) is -0.114. The van der Waals surface area contributed by atoms with Crippen LogP contribution in [0.5, 0.6) is 0 Å². The van der Waals surface area contributed by atoms with Crippen molar-refractivity contribution in [3.05, 3.63) is 22.5 Å². The van der Waals surface area contributed by atoms with Gasteiger partial charge in [-0.3, -0.25) is 0 Å². The Labute approximate surface area is 161 Å². The number of carbonyl (C=O) groups is 3. The van der Waals surface area contributed by atoms with Crippen LogP contribution in [-0.2, 0) is 14.2 Å². The van der Waals surface area contributed by atoms with Crippen LogP contribution in [0.4, 0.5) is 4.79 Å². The first kappa shape index (κ1) is 22.7. The number of hydrogen-bond donors (Lipinski definition) is 0. The van der Waals surface area contributed by atoms with Gasteiger partial charge in [-0.25, -0.2) is 19.0 Å². The number of aromatic nitrogens is 1. The minimum absolute atomic E-state index is 0.0175. The van der Waals surface area contributed by atoms with Crippen LogP contribution >= 0.6 is 0 Å². The molecule has 0 N–H and O–H groups in total. The molecule has 0 amide bonds. The lowest BCUT2D eigenvalue weighted by molar-refractivity contribution is 0.00680. The average molecular weight is 381 g/mol. The van der Waals surface area contributed by atoms with Crippen molar-refractivity contribution in [2.45, 2.75) is 79.9 Å². The number of esters is 2. The van der Waals surface area contributed by atoms with E-state index in [1.807, 2.05) is 6.92 Å². The minimum Gasteiger partial charge on any atom is -0.461 e. The monoisotopic (exact) mass is 381 g/mol. The molecule has 0 atom stereocenters. The van der Waals surface area contributed by atoms with E-state index in [4.69, 9.17) is 14.2 Å². The Morgan fingerprint density at radius 3 is 1.85 bits per heavy atom. The summed E-state index contributed by atoms with van der Waals surface area (Å²) in [5, 5.41) is 0. The molecule has 7 heteroatoms. The fraction of sp³-hybridized carbons (Fsp3) is 0.650. The zero-order valence-corrected chi connectivity index (χ0v) is 17.8. The molecule has 0 saturated heterocycles. The van der Waals surface area contributed by atoms with E-state index in [2.05, 4.69) is 0 Å². The third kappa shape index (κ3) is 5.84. The number of carbonyl (C=O) groups excluding carboxylic acids is 3. The highest BCUT2D eigenvalue weighted by atomic mass is 16.6. The largest absolute Gasteiger partial charge is 0.461 e. The fourth-order valence-corrected chi connectivity index (χ4v) is 2.51. The normalized spacial score (nSPS) is 11.9. The number of hydrogen-bond acceptors (Lipinski definition) is 6. The van der Waals surface area contributed by atoms with Gasteiger partial charge in [0.2, 0.25) is 0 Å². The van der Waals surface area contributed by atoms with Crippen molar-refractivity contribution >= 4 is 18.0 Å². The Morgan fingerprint density at radius 1 is 0.889 bits per heavy atom. The Kier molecular flexibility index (Phi) is 6.86. The Hall–Kier alpha value is -2.31. The van der Waals surface area contributed by atoms with Crippen LogP contribution in [0, 0.1) is 13.8 Å². The number of nitrogens with zero attached hydrogens (tertiary/aromatic N) is 1. The van der Waals surface area contributed by atoms with Crippen molar-refractivity contribution in [2.24, 2.45) is 0 Å². The van der Waals surface area contributed by atoms with Crippen LogP contribution in [0.2, 0.25) is 0 Å². The van der Waals surface area contributed by atoms with Gasteiger partial charge in [-0.05, 0) is 67.4 Å². The molecule has 152 valence electrons. The van der Waals surface area contributed by atoms with Crippen LogP contribution in [0.25, 0.3) is 0 Å². The first-order valence-electron chi connectivity index (χ1n) is 9.05. The highest BCUT2D eigenvalue weighted by Crippen LogP contribution is 2.27. The van der Waals surface area contributed by atoms with Gasteiger partial charge >= 0.3 is 18.0 Å². The molecule has 7 nitrogen and oxygen atoms in total. The minimum atomic E-state index is -0.766. The molecular formula is C20H31NO6. The van der Waals surface area contributed by atoms with Gasteiger partial charge in [0.15, 0.2) is 0 Å². The van der Waals surface area contributed by atoms with E-state index in [1.54, 1.807) is 55.4 Å². The molecule has 0 aromatic carbocycles. The molecule has 0 aliphatic rings. The zero-order valence-electron chi connectivity index (χ0n) is 17.8. The van der Waals surface area contributed by atoms with Gasteiger partial charge in [0.25, 0.3) is 0 Å². The summed E-state index contributed by atoms with van der Waals surface area (Å²) in [7, 11) is 0. The smallest absolute Gasteiger partial charge is 0.419 e. The van der Waals surface area contributed by atoms with Gasteiger partial charge < -0.3 is 14.2 Å². The topological polar surface area (TPSA) is 83.8 Å². The quantitative estimate of drug-likeness (QED) is 0.567. The van der Waals surface area contributed by atoms with Crippen molar-refractivity contribution in [3.63, 3.8) is 0 Å². The molecule has 0 aliphatic carbocycles. The molecule has 1 aromatic rings. The van der Waals surface area contributed by atoms with Gasteiger partial charge in [-0.1, -0.05) is 6.92 Å². The van der Waals surface area contributed by atoms with Crippen molar-refractivity contribution in [1.82, 2.24) is 4.57 Å². The lowest BCUT2D eigenvalue weighted by Crippen LogP contribution is -2.30. The van der Waals surface area contributed by atoms with Crippen LogP contribution in [0.15, 0.2) is 0 Å². The fourth-order valence-electron chi connectivity index (χ4n) is 2.51. The van der Waals surface area contributed by atoms with Gasteiger partial charge in [0.05, 0.1) is 12.2 Å². The van der Waals surface area contributed by atoms with Crippen molar-refractivity contribution < 1.29 is 28.6 Å². The maximum atomic E-state index is 12.7. The summed E-state index contributed by atoms with van der Waals surface area (Å²) in [6.45, 7) is 15.7. The lowest BCUT2D eigenvalue weighted by Gasteiger charge is -2.21. The second kappa shape index (κ2) is 8.15. The van der Waals surface area contributed by atoms with Crippen LogP contribution in [0.1, 0.15) is 87.0 Å². The van der Waals surface area contributed by atoms with Gasteiger partial charge in [-0.2, -0.15) is 0 Å². The summed E-state index contributed by atoms with van der Waals surface area (Å²) >= 11 is 0. The zero-order chi connectivity index (χ0) is 21.2. The number of rotatable bonds is 4. The molecule has 0 saturated carbocycles. The van der Waals surface area contributed by atoms with Gasteiger partial charge in [-0.15, -0.1) is 0 Å². The summed E-state index contributed by atoms with van der Waals surface area (Å²) in [5.41, 5.74) is -0.728. The molecule has 0 fully saturated rings. The molecular weight excluding hydrogens is 350 g/mol. The predicted molar refractivity (Wildman–Crippen MR) is 101 cm³/mol. The van der Waals surface area contributed by atoms with Crippen LogP contribution in [-0.4, -0.2) is 40.4 Å². The highest BCUT2D eigenvalue weighted by molar-refractivity contribution is 6.02. The molecule has 1 rings (SSSR count). The van der Waals surface area contributed by atoms with E-state index < -0.39 is 29.2 Å². The van der Waals surface area contributed by atoms with E-state index in [1.165, 1.54) is 0 Å². The van der Waals surface area contributed by atoms with Crippen LogP contribution in [0.3, 0.4) is 0 Å². The molecule has 1 aromatic heterocycles. The predicted octanol–water partition coefficient (Wildman–Crippen LogP) is 4.41. The second-order valence-corrected chi connectivity index (χ2v) is 8.39.